The zero-order chi connectivity index (χ0) is 27.7. The molecule has 0 amide bonds. The average molecular weight is 719 g/mol. The molecule has 0 unspecified atom stereocenters. The number of hydrogen-bond acceptors (Lipinski definition) is 3. The van der Waals surface area contributed by atoms with Crippen LogP contribution < -0.4 is 5.19 Å². The topological polar surface area (TPSA) is 38.9 Å². The molecule has 0 aliphatic heterocycles. The van der Waals surface area contributed by atoms with Crippen LogP contribution in [0.1, 0.15) is 22.3 Å². The number of nitrogens with zero attached hydrogens (tertiary/aromatic N) is 2. The third kappa shape index (κ3) is 5.88. The first-order valence-corrected chi connectivity index (χ1v) is 16.8. The number of aromatic nitrogens is 2. The van der Waals surface area contributed by atoms with Gasteiger partial charge in [0.05, 0.1) is 5.58 Å². The molecule has 0 fully saturated rings. The molecule has 3 aromatic carbocycles. The molecule has 40 heavy (non-hydrogen) atoms. The Labute approximate surface area is 252 Å². The van der Waals surface area contributed by atoms with Gasteiger partial charge in [0.25, 0.3) is 0 Å². The van der Waals surface area contributed by atoms with E-state index in [2.05, 4.69) is 93.7 Å². The number of benzene rings is 3. The van der Waals surface area contributed by atoms with Crippen LogP contribution in [0.3, 0.4) is 0 Å². The van der Waals surface area contributed by atoms with Gasteiger partial charge >= 0.3 is 0 Å². The molecule has 205 valence electrons. The minimum atomic E-state index is -1.54. The summed E-state index contributed by atoms with van der Waals surface area (Å²) in [5, 5.41) is 3.82. The summed E-state index contributed by atoms with van der Waals surface area (Å²) in [7, 11) is -1.54. The molecule has 0 spiro atoms. The molecule has 0 saturated heterocycles. The van der Waals surface area contributed by atoms with Crippen molar-refractivity contribution in [3.05, 3.63) is 114 Å². The molecular formula is C35H34IrN2OSi-2. The maximum absolute atomic E-state index is 6.32. The number of furan rings is 1. The molecule has 1 radical (unpaired) electrons. The second-order valence-corrected chi connectivity index (χ2v) is 16.2. The Bertz CT molecular complexity index is 1790. The smallest absolute Gasteiger partial charge is 0.120 e. The first kappa shape index (κ1) is 29.6. The molecule has 6 aromatic rings. The standard InChI is InChI=1S/C22H22NOSi.C13H12N.Ir/c1-14-12-13-23-21(15(14)2)17-10-11-19(25(3,4)5)20-16-8-6-7-9-18(16)24-22(17)20;1-10-8-13(14-9-11(10)2)12-6-4-3-5-7-12;/h6-9,11-13H,1-5H3;3-6,8-9H,1-2H3;/q2*-1;. The molecule has 6 rings (SSSR count). The van der Waals surface area contributed by atoms with E-state index in [0.29, 0.717) is 0 Å². The largest absolute Gasteiger partial charge is 0.501 e. The fourth-order valence-electron chi connectivity index (χ4n) is 4.75. The van der Waals surface area contributed by atoms with Crippen LogP contribution >= 0.6 is 0 Å². The van der Waals surface area contributed by atoms with Crippen LogP contribution in [0.2, 0.25) is 19.6 Å². The molecule has 5 heteroatoms. The Morgan fingerprint density at radius 3 is 2.25 bits per heavy atom. The summed E-state index contributed by atoms with van der Waals surface area (Å²) in [5.41, 5.74) is 10.7. The van der Waals surface area contributed by atoms with E-state index in [9.17, 15) is 0 Å². The molecule has 0 saturated carbocycles. The van der Waals surface area contributed by atoms with Gasteiger partial charge in [-0.3, -0.25) is 0 Å². The van der Waals surface area contributed by atoms with Gasteiger partial charge in [0.2, 0.25) is 0 Å². The normalized spacial score (nSPS) is 11.2. The predicted octanol–water partition coefficient (Wildman–Crippen LogP) is 8.77. The van der Waals surface area contributed by atoms with Crippen molar-refractivity contribution in [2.24, 2.45) is 0 Å². The second kappa shape index (κ2) is 12.0. The summed E-state index contributed by atoms with van der Waals surface area (Å²) in [5.74, 6) is 0. The van der Waals surface area contributed by atoms with Crippen LogP contribution in [0, 0.1) is 39.8 Å². The number of rotatable bonds is 3. The van der Waals surface area contributed by atoms with Gasteiger partial charge in [-0.05, 0) is 56.8 Å². The summed E-state index contributed by atoms with van der Waals surface area (Å²) >= 11 is 0. The molecule has 0 bridgehead atoms. The number of pyridine rings is 2. The van der Waals surface area contributed by atoms with Crippen LogP contribution in [-0.2, 0) is 20.1 Å². The van der Waals surface area contributed by atoms with Gasteiger partial charge in [-0.25, -0.2) is 0 Å². The summed E-state index contributed by atoms with van der Waals surface area (Å²) in [6.45, 7) is 15.5. The number of fused-ring (bicyclic) bond motifs is 3. The van der Waals surface area contributed by atoms with E-state index >= 15 is 0 Å². The molecule has 3 heterocycles. The Morgan fingerprint density at radius 2 is 1.55 bits per heavy atom. The fraction of sp³-hybridized carbons (Fsp3) is 0.200. The van der Waals surface area contributed by atoms with Crippen LogP contribution in [0.5, 0.6) is 0 Å². The molecule has 0 aliphatic rings. The Kier molecular flexibility index (Phi) is 8.89. The second-order valence-electron chi connectivity index (χ2n) is 11.2. The summed E-state index contributed by atoms with van der Waals surface area (Å²) < 4.78 is 6.32. The fourth-order valence-corrected chi connectivity index (χ4v) is 6.25. The van der Waals surface area contributed by atoms with Crippen molar-refractivity contribution in [3.63, 3.8) is 0 Å². The van der Waals surface area contributed by atoms with Crippen LogP contribution in [0.15, 0.2) is 83.5 Å². The molecule has 3 nitrogen and oxygen atoms in total. The third-order valence-electron chi connectivity index (χ3n) is 7.33. The zero-order valence-electron chi connectivity index (χ0n) is 24.1. The minimum absolute atomic E-state index is 0. The molecule has 0 atom stereocenters. The minimum Gasteiger partial charge on any atom is -0.501 e. The van der Waals surface area contributed by atoms with Gasteiger partial charge in [0, 0.05) is 46.0 Å². The summed E-state index contributed by atoms with van der Waals surface area (Å²) in [6, 6.07) is 29.2. The van der Waals surface area contributed by atoms with Gasteiger partial charge in [-0.2, -0.15) is 0 Å². The van der Waals surface area contributed by atoms with E-state index in [0.717, 1.165) is 33.7 Å². The number of para-hydroxylation sites is 1. The van der Waals surface area contributed by atoms with Crippen molar-refractivity contribution in [1.82, 2.24) is 9.97 Å². The molecule has 3 aromatic heterocycles. The first-order valence-electron chi connectivity index (χ1n) is 13.3. The van der Waals surface area contributed by atoms with Crippen LogP contribution in [-0.4, -0.2) is 18.0 Å². The van der Waals surface area contributed by atoms with Crippen molar-refractivity contribution in [3.8, 4) is 22.5 Å². The van der Waals surface area contributed by atoms with Crippen molar-refractivity contribution in [1.29, 1.82) is 0 Å². The van der Waals surface area contributed by atoms with Crippen molar-refractivity contribution in [2.45, 2.75) is 47.3 Å². The van der Waals surface area contributed by atoms with E-state index in [1.807, 2.05) is 54.9 Å². The summed E-state index contributed by atoms with van der Waals surface area (Å²) in [4.78, 5) is 9.02. The van der Waals surface area contributed by atoms with E-state index < -0.39 is 8.07 Å². The molecular weight excluding hydrogens is 685 g/mol. The van der Waals surface area contributed by atoms with Crippen molar-refractivity contribution < 1.29 is 24.5 Å². The number of hydrogen-bond donors (Lipinski definition) is 0. The van der Waals surface area contributed by atoms with Gasteiger partial charge < -0.3 is 14.4 Å². The van der Waals surface area contributed by atoms with Crippen molar-refractivity contribution in [2.75, 3.05) is 0 Å². The number of aryl methyl sites for hydroxylation is 3. The summed E-state index contributed by atoms with van der Waals surface area (Å²) in [6.07, 6.45) is 3.78. The van der Waals surface area contributed by atoms with E-state index in [-0.39, 0.29) is 20.1 Å². The monoisotopic (exact) mass is 719 g/mol. The van der Waals surface area contributed by atoms with Crippen LogP contribution in [0.4, 0.5) is 0 Å². The van der Waals surface area contributed by atoms with Gasteiger partial charge in [-0.1, -0.05) is 71.5 Å². The Balaban J connectivity index is 0.000000210. The molecule has 0 aliphatic carbocycles. The predicted molar refractivity (Wildman–Crippen MR) is 166 cm³/mol. The average Bonchev–Trinajstić information content (AvgIpc) is 3.31. The zero-order valence-corrected chi connectivity index (χ0v) is 27.5. The quantitative estimate of drug-likeness (QED) is 0.136. The first-order chi connectivity index (χ1) is 18.6. The van der Waals surface area contributed by atoms with Crippen molar-refractivity contribution >= 4 is 35.2 Å². The Morgan fingerprint density at radius 1 is 0.800 bits per heavy atom. The maximum atomic E-state index is 6.32. The SMILES string of the molecule is Cc1ccnc(-c2[c-]cc([Si](C)(C)C)c3c2oc2ccccc23)c1C.Cc1cnc(-c2[c-]cccc2)cc1C.[Ir]. The van der Waals surface area contributed by atoms with Gasteiger partial charge in [-0.15, -0.1) is 53.2 Å². The Hall–Kier alpha value is -3.37. The van der Waals surface area contributed by atoms with E-state index in [1.54, 1.807) is 0 Å². The molecule has 0 N–H and O–H groups in total. The maximum Gasteiger partial charge on any atom is 0.120 e. The van der Waals surface area contributed by atoms with Crippen LogP contribution in [0.25, 0.3) is 44.5 Å². The van der Waals surface area contributed by atoms with Gasteiger partial charge in [0.15, 0.2) is 0 Å². The van der Waals surface area contributed by atoms with E-state index in [1.165, 1.54) is 38.2 Å². The third-order valence-corrected chi connectivity index (χ3v) is 9.34. The van der Waals surface area contributed by atoms with Gasteiger partial charge in [0.1, 0.15) is 5.58 Å². The van der Waals surface area contributed by atoms with E-state index in [4.69, 9.17) is 4.42 Å².